The van der Waals surface area contributed by atoms with Gasteiger partial charge in [-0.3, -0.25) is 4.57 Å². The molecule has 2 aromatic heterocycles. The second kappa shape index (κ2) is 2.96. The number of hydrogen-bond acceptors (Lipinski definition) is 2. The van der Waals surface area contributed by atoms with E-state index in [0.717, 1.165) is 11.0 Å². The van der Waals surface area contributed by atoms with E-state index < -0.39 is 0 Å². The molecule has 3 aromatic rings. The lowest BCUT2D eigenvalue weighted by Gasteiger charge is -1.98. The molecule has 0 atom stereocenters. The van der Waals surface area contributed by atoms with E-state index in [4.69, 9.17) is 0 Å². The topological polar surface area (TPSA) is 17.8 Å². The summed E-state index contributed by atoms with van der Waals surface area (Å²) in [5.41, 5.74) is 3.38. The molecule has 0 spiro atoms. The molecule has 3 heteroatoms. The third-order valence-corrected chi connectivity index (χ3v) is 2.91. The number of nitrogens with zero attached hydrogens (tertiary/aromatic N) is 2. The van der Waals surface area contributed by atoms with Crippen LogP contribution >= 0.6 is 11.3 Å². The summed E-state index contributed by atoms with van der Waals surface area (Å²) >= 11 is 1.70. The first-order chi connectivity index (χ1) is 6.95. The summed E-state index contributed by atoms with van der Waals surface area (Å²) in [4.78, 5) is 4.34. The highest BCUT2D eigenvalue weighted by Crippen LogP contribution is 2.19. The van der Waals surface area contributed by atoms with Crippen LogP contribution in [0.1, 0.15) is 0 Å². The number of para-hydroxylation sites is 2. The zero-order valence-electron chi connectivity index (χ0n) is 7.42. The van der Waals surface area contributed by atoms with E-state index in [1.165, 1.54) is 5.69 Å². The molecular formula is C11H8N2S. The first-order valence-electron chi connectivity index (χ1n) is 4.40. The lowest BCUT2D eigenvalue weighted by Crippen LogP contribution is -1.87. The second-order valence-electron chi connectivity index (χ2n) is 3.08. The maximum Gasteiger partial charge on any atom is 0.100 e. The van der Waals surface area contributed by atoms with Gasteiger partial charge in [0.25, 0.3) is 0 Å². The summed E-state index contributed by atoms with van der Waals surface area (Å²) < 4.78 is 2.10. The van der Waals surface area contributed by atoms with Crippen LogP contribution in [0.2, 0.25) is 0 Å². The number of rotatable bonds is 1. The second-order valence-corrected chi connectivity index (χ2v) is 3.86. The van der Waals surface area contributed by atoms with Crippen molar-refractivity contribution in [1.82, 2.24) is 9.55 Å². The standard InChI is InChI=1S/C11H8N2S/c1-2-4-11-10(3-1)12-8-13(11)9-5-6-14-7-9/h1-8H. The van der Waals surface area contributed by atoms with Crippen LogP contribution in [0, 0.1) is 0 Å². The SMILES string of the molecule is c1ccc2c(c1)ncn2-c1ccsc1. The van der Waals surface area contributed by atoms with Crippen molar-refractivity contribution in [2.24, 2.45) is 0 Å². The highest BCUT2D eigenvalue weighted by atomic mass is 32.1. The summed E-state index contributed by atoms with van der Waals surface area (Å²) in [7, 11) is 0. The molecule has 0 unspecified atom stereocenters. The maximum atomic E-state index is 4.34. The van der Waals surface area contributed by atoms with E-state index in [0.29, 0.717) is 0 Å². The Balaban J connectivity index is 2.33. The minimum atomic E-state index is 1.04. The van der Waals surface area contributed by atoms with Crippen molar-refractivity contribution >= 4 is 22.4 Å². The van der Waals surface area contributed by atoms with Gasteiger partial charge in [0, 0.05) is 5.38 Å². The van der Waals surface area contributed by atoms with E-state index in [2.05, 4.69) is 32.4 Å². The molecule has 0 amide bonds. The van der Waals surface area contributed by atoms with Crippen molar-refractivity contribution < 1.29 is 0 Å². The third kappa shape index (κ3) is 1.06. The molecule has 0 saturated heterocycles. The van der Waals surface area contributed by atoms with E-state index in [-0.39, 0.29) is 0 Å². The monoisotopic (exact) mass is 200 g/mol. The van der Waals surface area contributed by atoms with Crippen LogP contribution in [0.3, 0.4) is 0 Å². The molecule has 0 fully saturated rings. The van der Waals surface area contributed by atoms with Gasteiger partial charge in [0.05, 0.1) is 16.7 Å². The predicted octanol–water partition coefficient (Wildman–Crippen LogP) is 3.09. The molecule has 0 aliphatic heterocycles. The number of fused-ring (bicyclic) bond motifs is 1. The van der Waals surface area contributed by atoms with Crippen LogP contribution in [-0.4, -0.2) is 9.55 Å². The fourth-order valence-electron chi connectivity index (χ4n) is 1.56. The van der Waals surface area contributed by atoms with Gasteiger partial charge in [-0.2, -0.15) is 11.3 Å². The lowest BCUT2D eigenvalue weighted by molar-refractivity contribution is 1.10. The van der Waals surface area contributed by atoms with Gasteiger partial charge >= 0.3 is 0 Å². The van der Waals surface area contributed by atoms with Gasteiger partial charge in [-0.15, -0.1) is 0 Å². The zero-order chi connectivity index (χ0) is 9.38. The molecule has 1 aromatic carbocycles. The van der Waals surface area contributed by atoms with Gasteiger partial charge in [-0.25, -0.2) is 4.98 Å². The lowest BCUT2D eigenvalue weighted by atomic mass is 10.3. The number of benzene rings is 1. The third-order valence-electron chi connectivity index (χ3n) is 2.24. The van der Waals surface area contributed by atoms with E-state index >= 15 is 0 Å². The van der Waals surface area contributed by atoms with Gasteiger partial charge in [0.1, 0.15) is 6.33 Å². The zero-order valence-corrected chi connectivity index (χ0v) is 8.24. The van der Waals surface area contributed by atoms with Gasteiger partial charge in [0.15, 0.2) is 0 Å². The average Bonchev–Trinajstić information content (AvgIpc) is 2.85. The van der Waals surface area contributed by atoms with Gasteiger partial charge in [-0.1, -0.05) is 12.1 Å². The first-order valence-corrected chi connectivity index (χ1v) is 5.34. The normalized spacial score (nSPS) is 10.9. The fourth-order valence-corrected chi connectivity index (χ4v) is 2.19. The Hall–Kier alpha value is -1.61. The molecule has 0 N–H and O–H groups in total. The smallest absolute Gasteiger partial charge is 0.100 e. The summed E-state index contributed by atoms with van der Waals surface area (Å²) in [6.07, 6.45) is 1.87. The van der Waals surface area contributed by atoms with Crippen molar-refractivity contribution in [3.63, 3.8) is 0 Å². The summed E-state index contributed by atoms with van der Waals surface area (Å²) in [5.74, 6) is 0. The van der Waals surface area contributed by atoms with Crippen LogP contribution in [0.15, 0.2) is 47.4 Å². The number of aromatic nitrogens is 2. The Morgan fingerprint density at radius 2 is 2.07 bits per heavy atom. The van der Waals surface area contributed by atoms with Crippen LogP contribution in [0.25, 0.3) is 16.7 Å². The molecule has 2 nitrogen and oxygen atoms in total. The molecule has 68 valence electrons. The van der Waals surface area contributed by atoms with E-state index in [1.807, 2.05) is 24.5 Å². The quantitative estimate of drug-likeness (QED) is 0.590. The van der Waals surface area contributed by atoms with Crippen LogP contribution < -0.4 is 0 Å². The Morgan fingerprint density at radius 3 is 2.93 bits per heavy atom. The molecule has 14 heavy (non-hydrogen) atoms. The van der Waals surface area contributed by atoms with Crippen molar-refractivity contribution in [3.05, 3.63) is 47.4 Å². The van der Waals surface area contributed by atoms with Gasteiger partial charge in [0.2, 0.25) is 0 Å². The minimum Gasteiger partial charge on any atom is -0.298 e. The van der Waals surface area contributed by atoms with Crippen molar-refractivity contribution in [2.75, 3.05) is 0 Å². The number of thiophene rings is 1. The van der Waals surface area contributed by atoms with E-state index in [1.54, 1.807) is 11.3 Å². The summed E-state index contributed by atoms with van der Waals surface area (Å²) in [6.45, 7) is 0. The molecule has 0 radical (unpaired) electrons. The molecule has 2 heterocycles. The largest absolute Gasteiger partial charge is 0.298 e. The Bertz CT molecular complexity index is 551. The van der Waals surface area contributed by atoms with E-state index in [9.17, 15) is 0 Å². The molecule has 0 aliphatic carbocycles. The van der Waals surface area contributed by atoms with Crippen molar-refractivity contribution in [3.8, 4) is 5.69 Å². The molecule has 0 bridgehead atoms. The Kier molecular flexibility index (Phi) is 1.64. The van der Waals surface area contributed by atoms with Crippen molar-refractivity contribution in [1.29, 1.82) is 0 Å². The number of hydrogen-bond donors (Lipinski definition) is 0. The maximum absolute atomic E-state index is 4.34. The molecule has 0 aliphatic rings. The van der Waals surface area contributed by atoms with Gasteiger partial charge < -0.3 is 0 Å². The van der Waals surface area contributed by atoms with Crippen LogP contribution in [-0.2, 0) is 0 Å². The number of imidazole rings is 1. The first kappa shape index (κ1) is 7.76. The highest BCUT2D eigenvalue weighted by Gasteiger charge is 2.02. The molecule has 0 saturated carbocycles. The van der Waals surface area contributed by atoms with Crippen LogP contribution in [0.4, 0.5) is 0 Å². The molecular weight excluding hydrogens is 192 g/mol. The highest BCUT2D eigenvalue weighted by molar-refractivity contribution is 7.08. The summed E-state index contributed by atoms with van der Waals surface area (Å²) in [5, 5.41) is 4.19. The average molecular weight is 200 g/mol. The fraction of sp³-hybridized carbons (Fsp3) is 0. The molecule has 3 rings (SSSR count). The van der Waals surface area contributed by atoms with Crippen molar-refractivity contribution in [2.45, 2.75) is 0 Å². The minimum absolute atomic E-state index is 1.04. The summed E-state index contributed by atoms with van der Waals surface area (Å²) in [6, 6.07) is 10.2. The Morgan fingerprint density at radius 1 is 1.14 bits per heavy atom. The predicted molar refractivity (Wildman–Crippen MR) is 58.9 cm³/mol. The Labute approximate surface area is 85.4 Å². The van der Waals surface area contributed by atoms with Crippen LogP contribution in [0.5, 0.6) is 0 Å². The van der Waals surface area contributed by atoms with Gasteiger partial charge in [-0.05, 0) is 23.6 Å².